The fourth-order valence-electron chi connectivity index (χ4n) is 0.585. The molecule has 7 heteroatoms. The van der Waals surface area contributed by atoms with E-state index in [1.807, 2.05) is 12.1 Å². The number of carbonyl (C=O) groups is 1. The third kappa shape index (κ3) is 6.87. The topological polar surface area (TPSA) is 75.6 Å². The molecule has 0 aromatic carbocycles. The molecule has 0 aromatic heterocycles. The number of carboxylic acids is 1. The summed E-state index contributed by atoms with van der Waals surface area (Å²) in [5.74, 6) is 1.65. The monoisotopic (exact) mass is 223 g/mol. The molecule has 0 unspecified atom stereocenters. The minimum absolute atomic E-state index is 0.417. The van der Waals surface area contributed by atoms with Crippen molar-refractivity contribution in [3.05, 3.63) is 0 Å². The van der Waals surface area contributed by atoms with Gasteiger partial charge in [0.2, 0.25) is 0 Å². The maximum absolute atomic E-state index is 10.5. The zero-order valence-electron chi connectivity index (χ0n) is 7.02. The van der Waals surface area contributed by atoms with E-state index in [-0.39, 0.29) is 0 Å². The van der Waals surface area contributed by atoms with Crippen molar-refractivity contribution in [1.82, 2.24) is 5.48 Å². The molecule has 0 aliphatic rings. The third-order valence-electron chi connectivity index (χ3n) is 1.19. The molecule has 0 aromatic rings. The SMILES string of the molecule is CSCC[C@H](NOC#P=O)C(=O)O. The predicted molar refractivity (Wildman–Crippen MR) is 50.1 cm³/mol. The molecule has 0 saturated carbocycles. The van der Waals surface area contributed by atoms with Gasteiger partial charge in [0.1, 0.15) is 0 Å². The van der Waals surface area contributed by atoms with Crippen molar-refractivity contribution >= 4 is 25.6 Å². The van der Waals surface area contributed by atoms with Crippen LogP contribution in [0.4, 0.5) is 0 Å². The molecular formula is C6H10NO4PS. The molecule has 2 N–H and O–H groups in total. The Morgan fingerprint density at radius 3 is 3.00 bits per heavy atom. The summed E-state index contributed by atoms with van der Waals surface area (Å²) in [4.78, 5) is 14.9. The third-order valence-corrected chi connectivity index (χ3v) is 2.00. The zero-order chi connectivity index (χ0) is 10.1. The van der Waals surface area contributed by atoms with Crippen molar-refractivity contribution in [3.8, 4) is 5.81 Å². The van der Waals surface area contributed by atoms with Gasteiger partial charge in [-0.05, 0) is 0 Å². The first-order valence-electron chi connectivity index (χ1n) is 3.42. The summed E-state index contributed by atoms with van der Waals surface area (Å²) in [7, 11) is -0.417. The average Bonchev–Trinajstić information content (AvgIpc) is 2.10. The molecule has 13 heavy (non-hydrogen) atoms. The van der Waals surface area contributed by atoms with Crippen LogP contribution in [0.3, 0.4) is 0 Å². The fraction of sp³-hybridized carbons (Fsp3) is 0.667. The standard InChI is InChI=1S/C6H10NO4PS/c1-13-3-2-5(6(8)9)7-11-4-12-10/h5,7H,2-3H2,1H3,(H,8,9)/t5-/m0/s1. The molecule has 0 bridgehead atoms. The number of rotatable bonds is 6. The van der Waals surface area contributed by atoms with Crippen LogP contribution in [0.15, 0.2) is 0 Å². The van der Waals surface area contributed by atoms with Gasteiger partial charge in [0, 0.05) is 0 Å². The van der Waals surface area contributed by atoms with E-state index in [4.69, 9.17) is 5.11 Å². The van der Waals surface area contributed by atoms with Gasteiger partial charge in [-0.2, -0.15) is 0 Å². The summed E-state index contributed by atoms with van der Waals surface area (Å²) < 4.78 is 9.84. The van der Waals surface area contributed by atoms with E-state index in [0.717, 1.165) is 0 Å². The van der Waals surface area contributed by atoms with Crippen molar-refractivity contribution in [3.63, 3.8) is 0 Å². The van der Waals surface area contributed by atoms with E-state index in [2.05, 4.69) is 10.3 Å². The van der Waals surface area contributed by atoms with E-state index in [9.17, 15) is 9.36 Å². The summed E-state index contributed by atoms with van der Waals surface area (Å²) in [6, 6.07) is -0.790. The Kier molecular flexibility index (Phi) is 8.19. The van der Waals surface area contributed by atoms with E-state index < -0.39 is 19.9 Å². The molecule has 1 atom stereocenters. The molecule has 0 radical (unpaired) electrons. The Labute approximate surface area is 81.3 Å². The normalized spacial score (nSPS) is 11.8. The Morgan fingerprint density at radius 2 is 2.54 bits per heavy atom. The summed E-state index contributed by atoms with van der Waals surface area (Å²) in [5, 5.41) is 8.64. The number of hydrogen-bond acceptors (Lipinski definition) is 5. The van der Waals surface area contributed by atoms with Crippen LogP contribution in [-0.4, -0.2) is 29.1 Å². The first kappa shape index (κ1) is 12.8. The molecule has 5 nitrogen and oxygen atoms in total. The Morgan fingerprint density at radius 1 is 1.85 bits per heavy atom. The fourth-order valence-corrected chi connectivity index (χ4v) is 1.15. The van der Waals surface area contributed by atoms with Crippen LogP contribution in [0, 0.1) is 5.81 Å². The van der Waals surface area contributed by atoms with Crippen molar-refractivity contribution in [2.24, 2.45) is 0 Å². The van der Waals surface area contributed by atoms with Crippen LogP contribution >= 0.6 is 19.7 Å². The summed E-state index contributed by atoms with van der Waals surface area (Å²) >= 11 is 1.54. The Bertz CT molecular complexity index is 252. The molecular weight excluding hydrogens is 213 g/mol. The Hall–Kier alpha value is -0.250. The number of thioether (sulfide) groups is 1. The van der Waals surface area contributed by atoms with Crippen molar-refractivity contribution in [2.75, 3.05) is 12.0 Å². The summed E-state index contributed by atoms with van der Waals surface area (Å²) in [5.41, 5.74) is 2.22. The molecule has 0 saturated heterocycles. The number of carboxylic acid groups (broad SMARTS) is 1. The average molecular weight is 223 g/mol. The predicted octanol–water partition coefficient (Wildman–Crippen LogP) is 0.922. The van der Waals surface area contributed by atoms with Crippen LogP contribution in [0.1, 0.15) is 6.42 Å². The van der Waals surface area contributed by atoms with Crippen molar-refractivity contribution < 1.29 is 19.3 Å². The number of aliphatic carboxylic acids is 1. The van der Waals surface area contributed by atoms with Crippen LogP contribution < -0.4 is 5.48 Å². The molecule has 0 fully saturated rings. The van der Waals surface area contributed by atoms with Gasteiger partial charge in [-0.15, -0.1) is 0 Å². The van der Waals surface area contributed by atoms with Crippen LogP contribution in [0.2, 0.25) is 0 Å². The molecule has 0 aliphatic heterocycles. The second kappa shape index (κ2) is 8.35. The van der Waals surface area contributed by atoms with Crippen molar-refractivity contribution in [1.29, 1.82) is 0 Å². The number of hydroxylamine groups is 1. The molecule has 74 valence electrons. The quantitative estimate of drug-likeness (QED) is 0.515. The number of hydrogen-bond donors (Lipinski definition) is 2. The van der Waals surface area contributed by atoms with Gasteiger partial charge in [0.05, 0.1) is 0 Å². The minimum atomic E-state index is -1.00. The molecule has 0 spiro atoms. The summed E-state index contributed by atoms with van der Waals surface area (Å²) in [6.07, 6.45) is 2.32. The van der Waals surface area contributed by atoms with Gasteiger partial charge in [-0.3, -0.25) is 0 Å². The Balaban J connectivity index is 3.84. The van der Waals surface area contributed by atoms with Gasteiger partial charge >= 0.3 is 80.7 Å². The molecule has 0 aliphatic carbocycles. The van der Waals surface area contributed by atoms with Gasteiger partial charge in [-0.1, -0.05) is 0 Å². The first-order valence-corrected chi connectivity index (χ1v) is 5.63. The first-order chi connectivity index (χ1) is 6.22. The van der Waals surface area contributed by atoms with Gasteiger partial charge < -0.3 is 0 Å². The zero-order valence-corrected chi connectivity index (χ0v) is 8.73. The number of nitrogens with one attached hydrogen (secondary N) is 1. The second-order valence-corrected chi connectivity index (χ2v) is 3.43. The van der Waals surface area contributed by atoms with Gasteiger partial charge in [0.25, 0.3) is 0 Å². The van der Waals surface area contributed by atoms with Crippen LogP contribution in [0.25, 0.3) is 0 Å². The maximum atomic E-state index is 10.5. The van der Waals surface area contributed by atoms with Crippen LogP contribution in [0.5, 0.6) is 0 Å². The van der Waals surface area contributed by atoms with Crippen molar-refractivity contribution in [2.45, 2.75) is 12.5 Å². The molecule has 0 heterocycles. The summed E-state index contributed by atoms with van der Waals surface area (Å²) in [6.45, 7) is 0. The van der Waals surface area contributed by atoms with Crippen LogP contribution in [-0.2, 0) is 14.2 Å². The van der Waals surface area contributed by atoms with Gasteiger partial charge in [-0.25, -0.2) is 0 Å². The van der Waals surface area contributed by atoms with E-state index in [0.29, 0.717) is 12.2 Å². The second-order valence-electron chi connectivity index (χ2n) is 2.07. The molecule has 0 rings (SSSR count). The van der Waals surface area contributed by atoms with E-state index in [1.54, 1.807) is 11.8 Å². The van der Waals surface area contributed by atoms with E-state index >= 15 is 0 Å². The molecule has 0 amide bonds. The van der Waals surface area contributed by atoms with Gasteiger partial charge in [0.15, 0.2) is 0 Å². The van der Waals surface area contributed by atoms with E-state index in [1.165, 1.54) is 0 Å².